The van der Waals surface area contributed by atoms with Crippen LogP contribution < -0.4 is 10.6 Å². The molecular formula is C19H29N7. The van der Waals surface area contributed by atoms with Gasteiger partial charge in [0.25, 0.3) is 0 Å². The van der Waals surface area contributed by atoms with Crippen LogP contribution in [0.25, 0.3) is 0 Å². The lowest BCUT2D eigenvalue weighted by Gasteiger charge is -2.25. The maximum Gasteiger partial charge on any atom is 0.191 e. The molecule has 7 heteroatoms. The van der Waals surface area contributed by atoms with E-state index in [9.17, 15) is 0 Å². The fraction of sp³-hybridized carbons (Fsp3) is 0.579. The lowest BCUT2D eigenvalue weighted by molar-refractivity contribution is 0.391. The molecule has 1 unspecified atom stereocenters. The normalized spacial score (nSPS) is 17.3. The van der Waals surface area contributed by atoms with Gasteiger partial charge in [-0.1, -0.05) is 19.9 Å². The van der Waals surface area contributed by atoms with E-state index in [1.165, 1.54) is 5.56 Å². The fourth-order valence-electron chi connectivity index (χ4n) is 3.04. The van der Waals surface area contributed by atoms with Crippen molar-refractivity contribution in [3.05, 3.63) is 41.2 Å². The van der Waals surface area contributed by atoms with E-state index in [1.54, 1.807) is 0 Å². The van der Waals surface area contributed by atoms with E-state index >= 15 is 0 Å². The van der Waals surface area contributed by atoms with Crippen LogP contribution in [0, 0.1) is 6.92 Å². The Hall–Kier alpha value is -2.44. The van der Waals surface area contributed by atoms with Crippen molar-refractivity contribution in [2.45, 2.75) is 65.6 Å². The van der Waals surface area contributed by atoms with Gasteiger partial charge in [0, 0.05) is 31.1 Å². The van der Waals surface area contributed by atoms with E-state index in [0.717, 1.165) is 49.2 Å². The average Bonchev–Trinajstić information content (AvgIpc) is 3.05. The van der Waals surface area contributed by atoms with Crippen LogP contribution in [-0.2, 0) is 19.5 Å². The third-order valence-electron chi connectivity index (χ3n) is 4.58. The molecule has 3 rings (SSSR count). The van der Waals surface area contributed by atoms with Crippen molar-refractivity contribution in [3.8, 4) is 0 Å². The molecule has 3 heterocycles. The van der Waals surface area contributed by atoms with Crippen LogP contribution in [0.3, 0.4) is 0 Å². The molecule has 0 fully saturated rings. The van der Waals surface area contributed by atoms with Gasteiger partial charge in [-0.2, -0.15) is 5.10 Å². The SMILES string of the molecule is CCNC(=NCc1ncccc1C)NC1CCc2nc(C(C)C)nn2C1. The first-order valence-electron chi connectivity index (χ1n) is 9.45. The van der Waals surface area contributed by atoms with Crippen molar-refractivity contribution in [1.29, 1.82) is 0 Å². The molecule has 1 aliphatic rings. The quantitative estimate of drug-likeness (QED) is 0.635. The number of nitrogens with one attached hydrogen (secondary N) is 2. The van der Waals surface area contributed by atoms with Gasteiger partial charge in [0.2, 0.25) is 0 Å². The van der Waals surface area contributed by atoms with Crippen LogP contribution in [0.4, 0.5) is 0 Å². The number of pyridine rings is 1. The molecule has 2 aromatic heterocycles. The Morgan fingerprint density at radius 2 is 2.27 bits per heavy atom. The van der Waals surface area contributed by atoms with E-state index in [1.807, 2.05) is 16.9 Å². The van der Waals surface area contributed by atoms with Gasteiger partial charge < -0.3 is 10.6 Å². The van der Waals surface area contributed by atoms with Gasteiger partial charge in [0.05, 0.1) is 18.8 Å². The molecule has 2 aromatic rings. The maximum absolute atomic E-state index is 4.71. The van der Waals surface area contributed by atoms with E-state index in [-0.39, 0.29) is 0 Å². The number of aliphatic imine (C=N–C) groups is 1. The van der Waals surface area contributed by atoms with E-state index < -0.39 is 0 Å². The van der Waals surface area contributed by atoms with Gasteiger partial charge in [0.1, 0.15) is 5.82 Å². The zero-order chi connectivity index (χ0) is 18.5. The van der Waals surface area contributed by atoms with E-state index in [0.29, 0.717) is 18.5 Å². The Morgan fingerprint density at radius 3 is 3.00 bits per heavy atom. The van der Waals surface area contributed by atoms with E-state index in [2.05, 4.69) is 59.5 Å². The van der Waals surface area contributed by atoms with E-state index in [4.69, 9.17) is 4.99 Å². The second-order valence-electron chi connectivity index (χ2n) is 7.07. The predicted molar refractivity (Wildman–Crippen MR) is 103 cm³/mol. The number of aromatic nitrogens is 4. The van der Waals surface area contributed by atoms with Crippen LogP contribution in [0.1, 0.15) is 56.0 Å². The van der Waals surface area contributed by atoms with Crippen molar-refractivity contribution >= 4 is 5.96 Å². The molecule has 1 aliphatic heterocycles. The molecule has 0 aromatic carbocycles. The summed E-state index contributed by atoms with van der Waals surface area (Å²) >= 11 is 0. The Bertz CT molecular complexity index is 763. The highest BCUT2D eigenvalue weighted by atomic mass is 15.4. The monoisotopic (exact) mass is 355 g/mol. The average molecular weight is 355 g/mol. The first-order valence-corrected chi connectivity index (χ1v) is 9.45. The zero-order valence-electron chi connectivity index (χ0n) is 16.2. The highest BCUT2D eigenvalue weighted by Crippen LogP contribution is 2.17. The molecule has 0 amide bonds. The smallest absolute Gasteiger partial charge is 0.191 e. The number of aryl methyl sites for hydroxylation is 2. The standard InChI is InChI=1S/C19H29N7/c1-5-20-19(22-11-16-14(4)7-6-10-21-16)23-15-8-9-17-24-18(13(2)3)25-26(17)12-15/h6-7,10,13,15H,5,8-9,11-12H2,1-4H3,(H2,20,22,23). The minimum Gasteiger partial charge on any atom is -0.357 e. The van der Waals surface area contributed by atoms with Gasteiger partial charge in [-0.15, -0.1) is 0 Å². The number of rotatable bonds is 5. The minimum absolute atomic E-state index is 0.298. The second kappa shape index (κ2) is 8.29. The summed E-state index contributed by atoms with van der Waals surface area (Å²) in [6.45, 7) is 10.6. The number of nitrogens with zero attached hydrogens (tertiary/aromatic N) is 5. The predicted octanol–water partition coefficient (Wildman–Crippen LogP) is 2.18. The lowest BCUT2D eigenvalue weighted by atomic mass is 10.1. The second-order valence-corrected chi connectivity index (χ2v) is 7.07. The summed E-state index contributed by atoms with van der Waals surface area (Å²) in [5, 5.41) is 11.5. The van der Waals surface area contributed by atoms with Crippen molar-refractivity contribution in [1.82, 2.24) is 30.4 Å². The minimum atomic E-state index is 0.298. The van der Waals surface area contributed by atoms with Gasteiger partial charge in [-0.05, 0) is 31.9 Å². The zero-order valence-corrected chi connectivity index (χ0v) is 16.2. The Kier molecular flexibility index (Phi) is 5.85. The largest absolute Gasteiger partial charge is 0.357 e. The number of hydrogen-bond acceptors (Lipinski definition) is 4. The topological polar surface area (TPSA) is 80.0 Å². The van der Waals surface area contributed by atoms with Gasteiger partial charge in [-0.25, -0.2) is 14.7 Å². The summed E-state index contributed by atoms with van der Waals surface area (Å²) in [7, 11) is 0. The lowest BCUT2D eigenvalue weighted by Crippen LogP contribution is -2.47. The van der Waals surface area contributed by atoms with Crippen molar-refractivity contribution in [3.63, 3.8) is 0 Å². The van der Waals surface area contributed by atoms with Gasteiger partial charge in [0.15, 0.2) is 11.8 Å². The Morgan fingerprint density at radius 1 is 1.42 bits per heavy atom. The highest BCUT2D eigenvalue weighted by Gasteiger charge is 2.23. The molecule has 26 heavy (non-hydrogen) atoms. The molecule has 2 N–H and O–H groups in total. The third-order valence-corrected chi connectivity index (χ3v) is 4.58. The summed E-state index contributed by atoms with van der Waals surface area (Å²) in [6.07, 6.45) is 3.79. The summed E-state index contributed by atoms with van der Waals surface area (Å²) in [4.78, 5) is 13.8. The van der Waals surface area contributed by atoms with Crippen LogP contribution in [0.5, 0.6) is 0 Å². The Labute approximate surface area is 155 Å². The molecule has 0 saturated carbocycles. The highest BCUT2D eigenvalue weighted by molar-refractivity contribution is 5.80. The van der Waals surface area contributed by atoms with Crippen LogP contribution >= 0.6 is 0 Å². The molecule has 7 nitrogen and oxygen atoms in total. The van der Waals surface area contributed by atoms with Crippen molar-refractivity contribution < 1.29 is 0 Å². The maximum atomic E-state index is 4.71. The van der Waals surface area contributed by atoms with Gasteiger partial charge in [-0.3, -0.25) is 4.98 Å². The molecule has 0 aliphatic carbocycles. The molecule has 0 spiro atoms. The molecule has 1 atom stereocenters. The third kappa shape index (κ3) is 4.39. The summed E-state index contributed by atoms with van der Waals surface area (Å²) in [6, 6.07) is 4.32. The number of hydrogen-bond donors (Lipinski definition) is 2. The van der Waals surface area contributed by atoms with Crippen LogP contribution in [0.15, 0.2) is 23.3 Å². The summed E-state index contributed by atoms with van der Waals surface area (Å²) in [5.74, 6) is 3.22. The number of guanidine groups is 1. The van der Waals surface area contributed by atoms with Gasteiger partial charge >= 0.3 is 0 Å². The molecular weight excluding hydrogens is 326 g/mol. The molecule has 0 bridgehead atoms. The van der Waals surface area contributed by atoms with Crippen LogP contribution in [0.2, 0.25) is 0 Å². The first kappa shape index (κ1) is 18.4. The molecule has 140 valence electrons. The van der Waals surface area contributed by atoms with Crippen molar-refractivity contribution in [2.24, 2.45) is 4.99 Å². The Balaban J connectivity index is 1.66. The summed E-state index contributed by atoms with van der Waals surface area (Å²) in [5.41, 5.74) is 2.17. The first-order chi connectivity index (χ1) is 12.6. The number of fused-ring (bicyclic) bond motifs is 1. The fourth-order valence-corrected chi connectivity index (χ4v) is 3.04. The molecule has 0 saturated heterocycles. The van der Waals surface area contributed by atoms with Crippen LogP contribution in [-0.4, -0.2) is 38.3 Å². The van der Waals surface area contributed by atoms with Crippen molar-refractivity contribution in [2.75, 3.05) is 6.54 Å². The summed E-state index contributed by atoms with van der Waals surface area (Å²) < 4.78 is 2.04. The molecule has 0 radical (unpaired) electrons.